The van der Waals surface area contributed by atoms with Crippen LogP contribution in [-0.2, 0) is 9.59 Å². The van der Waals surface area contributed by atoms with Crippen molar-refractivity contribution in [3.05, 3.63) is 29.3 Å². The molecule has 0 N–H and O–H groups in total. The summed E-state index contributed by atoms with van der Waals surface area (Å²) in [5.74, 6) is 1.12. The fraction of sp³-hybridized carbons (Fsp3) is 0.600. The zero-order valence-electron chi connectivity index (χ0n) is 15.2. The van der Waals surface area contributed by atoms with Crippen LogP contribution in [0.4, 0.5) is 5.69 Å². The van der Waals surface area contributed by atoms with Gasteiger partial charge in [-0.15, -0.1) is 0 Å². The number of carbonyl (C=O) groups is 2. The number of hydrogen-bond donors (Lipinski definition) is 0. The minimum Gasteiger partial charge on any atom is -0.342 e. The fourth-order valence-corrected chi connectivity index (χ4v) is 4.32. The molecule has 2 heterocycles. The Bertz CT molecular complexity index is 645. The summed E-state index contributed by atoms with van der Waals surface area (Å²) in [7, 11) is 0. The Morgan fingerprint density at radius 2 is 1.75 bits per heavy atom. The second kappa shape index (κ2) is 6.58. The Kier molecular flexibility index (Phi) is 4.66. The van der Waals surface area contributed by atoms with Crippen molar-refractivity contribution < 1.29 is 9.59 Å². The maximum Gasteiger partial charge on any atom is 0.228 e. The number of amides is 2. The molecule has 4 nitrogen and oxygen atoms in total. The van der Waals surface area contributed by atoms with E-state index in [0.29, 0.717) is 24.8 Å². The summed E-state index contributed by atoms with van der Waals surface area (Å²) in [4.78, 5) is 29.2. The van der Waals surface area contributed by atoms with E-state index in [0.717, 1.165) is 24.3 Å². The van der Waals surface area contributed by atoms with Crippen molar-refractivity contribution in [2.45, 2.75) is 40.5 Å². The Labute approximate surface area is 144 Å². The van der Waals surface area contributed by atoms with Gasteiger partial charge in [0.1, 0.15) is 0 Å². The van der Waals surface area contributed by atoms with Gasteiger partial charge in [-0.05, 0) is 43.7 Å². The molecular formula is C20H28N2O2. The predicted octanol–water partition coefficient (Wildman–Crippen LogP) is 3.16. The highest BCUT2D eigenvalue weighted by Crippen LogP contribution is 2.31. The van der Waals surface area contributed by atoms with Crippen LogP contribution in [0.5, 0.6) is 0 Å². The summed E-state index contributed by atoms with van der Waals surface area (Å²) in [5, 5.41) is 0. The predicted molar refractivity (Wildman–Crippen MR) is 95.9 cm³/mol. The third kappa shape index (κ3) is 3.33. The number of hydrogen-bond acceptors (Lipinski definition) is 2. The molecule has 2 amide bonds. The first-order valence-electron chi connectivity index (χ1n) is 9.01. The highest BCUT2D eigenvalue weighted by atomic mass is 16.2. The topological polar surface area (TPSA) is 40.6 Å². The molecule has 1 aromatic rings. The lowest BCUT2D eigenvalue weighted by Gasteiger charge is -2.36. The van der Waals surface area contributed by atoms with Crippen LogP contribution < -0.4 is 4.90 Å². The Hall–Kier alpha value is -1.84. The van der Waals surface area contributed by atoms with Crippen LogP contribution >= 0.6 is 0 Å². The summed E-state index contributed by atoms with van der Waals surface area (Å²) in [6, 6.07) is 6.12. The van der Waals surface area contributed by atoms with Crippen LogP contribution in [0.3, 0.4) is 0 Å². The molecule has 0 spiro atoms. The molecule has 2 aliphatic rings. The van der Waals surface area contributed by atoms with E-state index < -0.39 is 0 Å². The van der Waals surface area contributed by atoms with E-state index in [1.807, 2.05) is 30.9 Å². The normalized spacial score (nSPS) is 27.7. The second-order valence-electron chi connectivity index (χ2n) is 7.88. The van der Waals surface area contributed by atoms with Crippen molar-refractivity contribution in [2.24, 2.45) is 17.8 Å². The van der Waals surface area contributed by atoms with Crippen molar-refractivity contribution in [1.82, 2.24) is 4.90 Å². The number of rotatable bonds is 2. The first-order valence-corrected chi connectivity index (χ1v) is 9.01. The van der Waals surface area contributed by atoms with Gasteiger partial charge in [-0.1, -0.05) is 31.5 Å². The number of aryl methyl sites for hydroxylation is 2. The molecule has 2 aliphatic heterocycles. The Balaban J connectivity index is 1.73. The molecule has 3 rings (SSSR count). The van der Waals surface area contributed by atoms with E-state index in [9.17, 15) is 9.59 Å². The van der Waals surface area contributed by atoms with Crippen LogP contribution in [0.2, 0.25) is 0 Å². The lowest BCUT2D eigenvalue weighted by molar-refractivity contribution is -0.138. The van der Waals surface area contributed by atoms with Gasteiger partial charge in [0, 0.05) is 31.7 Å². The number of likely N-dealkylation sites (tertiary alicyclic amines) is 1. The van der Waals surface area contributed by atoms with Crippen molar-refractivity contribution >= 4 is 17.5 Å². The smallest absolute Gasteiger partial charge is 0.228 e. The van der Waals surface area contributed by atoms with Crippen molar-refractivity contribution in [3.63, 3.8) is 0 Å². The van der Waals surface area contributed by atoms with Gasteiger partial charge in [0.05, 0.1) is 5.92 Å². The number of piperidine rings is 1. The minimum absolute atomic E-state index is 0.0680. The molecular weight excluding hydrogens is 300 g/mol. The lowest BCUT2D eigenvalue weighted by Crippen LogP contribution is -2.45. The zero-order chi connectivity index (χ0) is 17.4. The third-order valence-corrected chi connectivity index (χ3v) is 5.30. The van der Waals surface area contributed by atoms with Gasteiger partial charge in [-0.25, -0.2) is 0 Å². The average Bonchev–Trinajstić information content (AvgIpc) is 2.87. The number of anilines is 1. The summed E-state index contributed by atoms with van der Waals surface area (Å²) in [5.41, 5.74) is 3.23. The maximum atomic E-state index is 12.9. The molecule has 1 aromatic carbocycles. The van der Waals surface area contributed by atoms with E-state index >= 15 is 0 Å². The van der Waals surface area contributed by atoms with E-state index in [1.165, 1.54) is 12.0 Å². The fourth-order valence-electron chi connectivity index (χ4n) is 4.32. The van der Waals surface area contributed by atoms with E-state index in [1.54, 1.807) is 4.90 Å². The van der Waals surface area contributed by atoms with Gasteiger partial charge in [0.25, 0.3) is 0 Å². The largest absolute Gasteiger partial charge is 0.342 e. The Morgan fingerprint density at radius 3 is 2.38 bits per heavy atom. The van der Waals surface area contributed by atoms with Gasteiger partial charge in [-0.2, -0.15) is 0 Å². The van der Waals surface area contributed by atoms with Crippen LogP contribution in [0.15, 0.2) is 18.2 Å². The molecule has 130 valence electrons. The van der Waals surface area contributed by atoms with Gasteiger partial charge >= 0.3 is 0 Å². The van der Waals surface area contributed by atoms with E-state index in [2.05, 4.69) is 19.9 Å². The number of benzene rings is 1. The third-order valence-electron chi connectivity index (χ3n) is 5.30. The molecule has 3 atom stereocenters. The van der Waals surface area contributed by atoms with Crippen LogP contribution in [0.1, 0.15) is 37.8 Å². The SMILES string of the molecule is Cc1ccc(N2C[C@H](C(=O)N3C[C@H](C)C[C@@H](C)C3)CC2=O)c(C)c1. The molecule has 4 heteroatoms. The molecule has 2 fully saturated rings. The molecule has 0 radical (unpaired) electrons. The van der Waals surface area contributed by atoms with Crippen molar-refractivity contribution in [1.29, 1.82) is 0 Å². The van der Waals surface area contributed by atoms with Crippen molar-refractivity contribution in [3.8, 4) is 0 Å². The van der Waals surface area contributed by atoms with Gasteiger partial charge in [0.2, 0.25) is 11.8 Å². The quantitative estimate of drug-likeness (QED) is 0.837. The van der Waals surface area contributed by atoms with Crippen LogP contribution in [-0.4, -0.2) is 36.3 Å². The molecule has 2 saturated heterocycles. The zero-order valence-corrected chi connectivity index (χ0v) is 15.2. The van der Waals surface area contributed by atoms with Gasteiger partial charge in [0.15, 0.2) is 0 Å². The molecule has 0 unspecified atom stereocenters. The van der Waals surface area contributed by atoms with E-state index in [-0.39, 0.29) is 17.7 Å². The maximum absolute atomic E-state index is 12.9. The van der Waals surface area contributed by atoms with Crippen LogP contribution in [0, 0.1) is 31.6 Å². The van der Waals surface area contributed by atoms with Gasteiger partial charge < -0.3 is 9.80 Å². The van der Waals surface area contributed by atoms with Gasteiger partial charge in [-0.3, -0.25) is 9.59 Å². The van der Waals surface area contributed by atoms with E-state index in [4.69, 9.17) is 0 Å². The molecule has 24 heavy (non-hydrogen) atoms. The highest BCUT2D eigenvalue weighted by molar-refractivity contribution is 6.00. The molecule has 0 aliphatic carbocycles. The second-order valence-corrected chi connectivity index (χ2v) is 7.88. The summed E-state index contributed by atoms with van der Waals surface area (Å²) >= 11 is 0. The molecule has 0 aromatic heterocycles. The minimum atomic E-state index is -0.198. The first kappa shape index (κ1) is 17.0. The summed E-state index contributed by atoms with van der Waals surface area (Å²) in [6.45, 7) is 10.7. The van der Waals surface area contributed by atoms with Crippen LogP contribution in [0.25, 0.3) is 0 Å². The Morgan fingerprint density at radius 1 is 1.08 bits per heavy atom. The molecule has 0 saturated carbocycles. The monoisotopic (exact) mass is 328 g/mol. The van der Waals surface area contributed by atoms with Crippen molar-refractivity contribution in [2.75, 3.05) is 24.5 Å². The highest BCUT2D eigenvalue weighted by Gasteiger charge is 2.39. The first-order chi connectivity index (χ1) is 11.3. The number of nitrogens with zero attached hydrogens (tertiary/aromatic N) is 2. The average molecular weight is 328 g/mol. The number of carbonyl (C=O) groups excluding carboxylic acids is 2. The lowest BCUT2D eigenvalue weighted by atomic mass is 9.91. The summed E-state index contributed by atoms with van der Waals surface area (Å²) < 4.78 is 0. The standard InChI is InChI=1S/C20H28N2O2/c1-13-5-6-18(16(4)8-13)22-12-17(9-19(22)23)20(24)21-10-14(2)7-15(3)11-21/h5-6,8,14-15,17H,7,9-12H2,1-4H3/t14-,15-,17-/m1/s1. The molecule has 0 bridgehead atoms. The summed E-state index contributed by atoms with van der Waals surface area (Å²) in [6.07, 6.45) is 1.52.